The lowest BCUT2D eigenvalue weighted by molar-refractivity contribution is 0.250. The van der Waals surface area contributed by atoms with E-state index in [1.165, 1.54) is 11.3 Å². The average Bonchev–Trinajstić information content (AvgIpc) is 3.80. The summed E-state index contributed by atoms with van der Waals surface area (Å²) in [6, 6.07) is 19.1. The molecule has 0 saturated carbocycles. The Morgan fingerprint density at radius 2 is 1.58 bits per heavy atom. The maximum absolute atomic E-state index is 12.4. The number of hydrogen-bond acceptors (Lipinski definition) is 9. The second-order valence-corrected chi connectivity index (χ2v) is 18.0. The minimum absolute atomic E-state index is 0.201. The number of nitrogens with one attached hydrogen (secondary N) is 4. The minimum Gasteiger partial charge on any atom is -0.338 e. The number of thiophene rings is 2. The molecule has 0 aliphatic carbocycles. The number of amides is 4. The number of hydrogen-bond donors (Lipinski definition) is 4. The number of halogens is 2. The van der Waals surface area contributed by atoms with Gasteiger partial charge in [-0.3, -0.25) is 5.32 Å². The van der Waals surface area contributed by atoms with Crippen LogP contribution in [0, 0.1) is 17.2 Å². The van der Waals surface area contributed by atoms with Gasteiger partial charge in [0.05, 0.1) is 26.7 Å². The van der Waals surface area contributed by atoms with Crippen LogP contribution in [0.15, 0.2) is 74.0 Å². The van der Waals surface area contributed by atoms with Gasteiger partial charge in [0.15, 0.2) is 0 Å². The molecule has 3 heterocycles. The van der Waals surface area contributed by atoms with Crippen molar-refractivity contribution in [2.24, 2.45) is 5.92 Å². The number of pyridine rings is 1. The zero-order valence-corrected chi connectivity index (χ0v) is 36.8. The lowest BCUT2D eigenvalue weighted by Crippen LogP contribution is -2.31. The fourth-order valence-corrected chi connectivity index (χ4v) is 8.71. The molecule has 5 aromatic rings. The van der Waals surface area contributed by atoms with Crippen LogP contribution in [0.3, 0.4) is 0 Å². The maximum Gasteiger partial charge on any atom is 0.319 e. The molecule has 0 aliphatic heterocycles. The quantitative estimate of drug-likeness (QED) is 0.0609. The number of aromatic nitrogens is 1. The van der Waals surface area contributed by atoms with E-state index >= 15 is 0 Å². The molecule has 2 aromatic carbocycles. The topological polar surface area (TPSA) is 125 Å². The first kappa shape index (κ1) is 44.0. The van der Waals surface area contributed by atoms with Gasteiger partial charge in [0.2, 0.25) is 0 Å². The number of thioether (sulfide) groups is 1. The van der Waals surface area contributed by atoms with E-state index in [1.54, 1.807) is 35.2 Å². The monoisotopic (exact) mass is 882 g/mol. The number of carbonyl (C=O) groups excluding carboxylic acids is 2. The number of fused-ring (bicyclic) bond motifs is 1. The summed E-state index contributed by atoms with van der Waals surface area (Å²) >= 11 is 14.3. The minimum atomic E-state index is -0.259. The van der Waals surface area contributed by atoms with Crippen LogP contribution in [-0.2, 0) is 0 Å². The van der Waals surface area contributed by atoms with Gasteiger partial charge in [0, 0.05) is 50.2 Å². The smallest absolute Gasteiger partial charge is 0.319 e. The van der Waals surface area contributed by atoms with Gasteiger partial charge in [-0.05, 0) is 113 Å². The number of nitriles is 1. The van der Waals surface area contributed by atoms with E-state index in [4.69, 9.17) is 16.6 Å². The van der Waals surface area contributed by atoms with Gasteiger partial charge in [-0.25, -0.2) is 14.6 Å². The molecule has 0 unspecified atom stereocenters. The molecule has 292 valence electrons. The molecule has 0 aliphatic rings. The van der Waals surface area contributed by atoms with Gasteiger partial charge in [-0.2, -0.15) is 16.6 Å². The number of benzene rings is 2. The zero-order chi connectivity index (χ0) is 39.9. The maximum atomic E-state index is 12.4. The van der Waals surface area contributed by atoms with E-state index in [1.807, 2.05) is 76.0 Å². The van der Waals surface area contributed by atoms with Crippen molar-refractivity contribution in [1.29, 1.82) is 5.26 Å². The predicted molar refractivity (Wildman–Crippen MR) is 238 cm³/mol. The summed E-state index contributed by atoms with van der Waals surface area (Å²) in [6.07, 6.45) is 1.77. The Hall–Kier alpha value is -3.68. The summed E-state index contributed by atoms with van der Waals surface area (Å²) in [6.45, 7) is 7.36. The van der Waals surface area contributed by atoms with Gasteiger partial charge in [-0.1, -0.05) is 53.5 Å². The molecular weight excluding hydrogens is 836 g/mol. The Kier molecular flexibility index (Phi) is 17.7. The van der Waals surface area contributed by atoms with E-state index in [9.17, 15) is 14.9 Å². The van der Waals surface area contributed by atoms with Crippen molar-refractivity contribution in [1.82, 2.24) is 25.4 Å². The Morgan fingerprint density at radius 3 is 2.16 bits per heavy atom. The third-order valence-corrected chi connectivity index (χ3v) is 12.1. The fourth-order valence-electron chi connectivity index (χ4n) is 5.20. The highest BCUT2D eigenvalue weighted by atomic mass is 79.9. The van der Waals surface area contributed by atoms with Gasteiger partial charge >= 0.3 is 12.1 Å². The Morgan fingerprint density at radius 1 is 0.927 bits per heavy atom. The van der Waals surface area contributed by atoms with Crippen LogP contribution in [0.4, 0.5) is 20.3 Å². The lowest BCUT2D eigenvalue weighted by Gasteiger charge is -2.13. The molecule has 0 spiro atoms. The van der Waals surface area contributed by atoms with Crippen molar-refractivity contribution in [3.63, 3.8) is 0 Å². The fraction of sp³-hybridized carbons (Fsp3) is 0.350. The third-order valence-electron chi connectivity index (χ3n) is 7.87. The lowest BCUT2D eigenvalue weighted by atomic mass is 10.0. The third kappa shape index (κ3) is 14.1. The second-order valence-electron chi connectivity index (χ2n) is 13.6. The van der Waals surface area contributed by atoms with E-state index in [2.05, 4.69) is 72.3 Å². The van der Waals surface area contributed by atoms with Crippen LogP contribution in [0.2, 0.25) is 5.02 Å². The van der Waals surface area contributed by atoms with E-state index in [0.29, 0.717) is 34.6 Å². The normalized spacial score (nSPS) is 11.0. The molecule has 0 bridgehead atoms. The molecule has 4 amide bonds. The van der Waals surface area contributed by atoms with Crippen LogP contribution in [0.1, 0.15) is 32.3 Å². The summed E-state index contributed by atoms with van der Waals surface area (Å²) in [5.74, 6) is 1.41. The molecule has 4 N–H and O–H groups in total. The molecule has 15 heteroatoms. The Balaban J connectivity index is 0.000000246. The molecule has 0 fully saturated rings. The molecule has 5 rings (SSSR count). The van der Waals surface area contributed by atoms with Crippen LogP contribution in [0.5, 0.6) is 0 Å². The number of carbonyl (C=O) groups is 2. The SMILES string of the molecule is CC(C)CSc1sc(NC(=O)NCCCN(C)C)c(-c2ccc(Cl)cc2)c1C#N.CN(C)CCCNC(=O)Nc1cc(-c2ccsc2)nc2ccc(Br)cc12. The molecule has 0 atom stereocenters. The molecule has 55 heavy (non-hydrogen) atoms. The van der Waals surface area contributed by atoms with Crippen molar-refractivity contribution in [2.45, 2.75) is 30.9 Å². The van der Waals surface area contributed by atoms with Crippen molar-refractivity contribution < 1.29 is 9.59 Å². The van der Waals surface area contributed by atoms with Crippen LogP contribution in [-0.4, -0.2) is 87.0 Å². The first-order valence-electron chi connectivity index (χ1n) is 17.8. The van der Waals surface area contributed by atoms with Crippen LogP contribution < -0.4 is 21.3 Å². The largest absolute Gasteiger partial charge is 0.338 e. The number of urea groups is 2. The van der Waals surface area contributed by atoms with E-state index in [0.717, 1.165) is 79.3 Å². The average molecular weight is 884 g/mol. The molecule has 10 nitrogen and oxygen atoms in total. The van der Waals surface area contributed by atoms with Gasteiger partial charge in [0.25, 0.3) is 0 Å². The highest BCUT2D eigenvalue weighted by Crippen LogP contribution is 2.45. The molecule has 0 saturated heterocycles. The van der Waals surface area contributed by atoms with Gasteiger partial charge < -0.3 is 25.8 Å². The molecular formula is C40H48BrClN8O2S3. The van der Waals surface area contributed by atoms with Crippen molar-refractivity contribution >= 4 is 95.6 Å². The summed E-state index contributed by atoms with van der Waals surface area (Å²) in [5.41, 5.74) is 5.72. The van der Waals surface area contributed by atoms with Crippen LogP contribution >= 0.6 is 62.0 Å². The second kappa shape index (κ2) is 22.2. The van der Waals surface area contributed by atoms with Gasteiger partial charge in [0.1, 0.15) is 11.1 Å². The first-order valence-corrected chi connectivity index (χ1v) is 21.7. The van der Waals surface area contributed by atoms with Crippen molar-refractivity contribution in [3.05, 3.63) is 80.4 Å². The number of nitrogens with zero attached hydrogens (tertiary/aromatic N) is 4. The predicted octanol–water partition coefficient (Wildman–Crippen LogP) is 10.6. The van der Waals surface area contributed by atoms with E-state index in [-0.39, 0.29) is 12.1 Å². The summed E-state index contributed by atoms with van der Waals surface area (Å²) < 4.78 is 1.87. The summed E-state index contributed by atoms with van der Waals surface area (Å²) in [4.78, 5) is 33.7. The van der Waals surface area contributed by atoms with Crippen molar-refractivity contribution in [2.75, 3.05) is 70.8 Å². The van der Waals surface area contributed by atoms with Gasteiger partial charge in [-0.15, -0.1) is 23.1 Å². The summed E-state index contributed by atoms with van der Waals surface area (Å²) in [7, 11) is 8.05. The number of rotatable bonds is 15. The molecule has 3 aromatic heterocycles. The zero-order valence-electron chi connectivity index (χ0n) is 32.0. The highest BCUT2D eigenvalue weighted by molar-refractivity contribution is 9.10. The Labute approximate surface area is 350 Å². The van der Waals surface area contributed by atoms with E-state index < -0.39 is 0 Å². The highest BCUT2D eigenvalue weighted by Gasteiger charge is 2.22. The standard InChI is InChI=1S/C21H27ClN4OS2.C19H21BrN4OS/c1-14(2)13-28-20-17(12-23)18(15-6-8-16(22)9-7-15)19(29-20)25-21(27)24-10-5-11-26(3)4;1-24(2)8-3-7-21-19(25)23-18-11-17(13-6-9-26-12-13)22-16-5-4-14(20)10-15(16)18/h6-9,14H,5,10-11,13H2,1-4H3,(H2,24,25,27);4-6,9-12H,3,7-8H2,1-2H3,(H2,21,22,23,25). The number of anilines is 2. The first-order chi connectivity index (χ1) is 26.3. The van der Waals surface area contributed by atoms with Crippen molar-refractivity contribution in [3.8, 4) is 28.5 Å². The summed E-state index contributed by atoms with van der Waals surface area (Å²) in [5, 5.41) is 27.9. The Bertz CT molecular complexity index is 2050. The molecule has 0 radical (unpaired) electrons. The van der Waals surface area contributed by atoms with Crippen LogP contribution in [0.25, 0.3) is 33.3 Å².